The van der Waals surface area contributed by atoms with Crippen LogP contribution < -0.4 is 19.9 Å². The highest BCUT2D eigenvalue weighted by Crippen LogP contribution is 2.32. The van der Waals surface area contributed by atoms with E-state index in [9.17, 15) is 9.59 Å². The van der Waals surface area contributed by atoms with E-state index in [-0.39, 0.29) is 17.7 Å². The first-order valence-corrected chi connectivity index (χ1v) is 17.2. The summed E-state index contributed by atoms with van der Waals surface area (Å²) in [5, 5.41) is 5.22. The van der Waals surface area contributed by atoms with Crippen molar-refractivity contribution in [2.45, 2.75) is 93.3 Å². The fourth-order valence-electron chi connectivity index (χ4n) is 4.31. The van der Waals surface area contributed by atoms with Crippen LogP contribution in [0.15, 0.2) is 48.0 Å². The maximum atomic E-state index is 11.5. The second kappa shape index (κ2) is 21.2. The SMILES string of the molecule is CC.CC(=O)OC(C)(C)C.CCNc1ncc(C=O)c(N(C)CCN(C)c2cccc(OC(CCC(C)CC)c3cccs3)c2)n1. The Bertz CT molecular complexity index is 1280. The van der Waals surface area contributed by atoms with Crippen molar-refractivity contribution >= 4 is 41.0 Å². The van der Waals surface area contributed by atoms with Gasteiger partial charge < -0.3 is 24.6 Å². The number of anilines is 3. The third-order valence-electron chi connectivity index (χ3n) is 6.86. The largest absolute Gasteiger partial charge is 0.485 e. The molecule has 46 heavy (non-hydrogen) atoms. The number of likely N-dealkylation sites (N-methyl/N-ethyl adjacent to an activating group) is 2. The number of thiophene rings is 1. The lowest BCUT2D eigenvalue weighted by Crippen LogP contribution is -2.32. The van der Waals surface area contributed by atoms with Crippen LogP contribution in [-0.2, 0) is 9.53 Å². The zero-order chi connectivity index (χ0) is 34.7. The summed E-state index contributed by atoms with van der Waals surface area (Å²) in [5.41, 5.74) is 1.24. The Labute approximate surface area is 281 Å². The van der Waals surface area contributed by atoms with Gasteiger partial charge in [-0.25, -0.2) is 4.98 Å². The lowest BCUT2D eigenvalue weighted by atomic mass is 10.00. The topological polar surface area (TPSA) is 96.9 Å². The van der Waals surface area contributed by atoms with Crippen molar-refractivity contribution in [1.29, 1.82) is 0 Å². The molecule has 0 aliphatic carbocycles. The third-order valence-corrected chi connectivity index (χ3v) is 7.82. The molecule has 9 nitrogen and oxygen atoms in total. The number of aldehydes is 1. The van der Waals surface area contributed by atoms with E-state index in [2.05, 4.69) is 70.7 Å². The molecule has 0 spiro atoms. The first-order chi connectivity index (χ1) is 21.9. The normalized spacial score (nSPS) is 11.9. The summed E-state index contributed by atoms with van der Waals surface area (Å²) in [6.45, 7) is 19.6. The number of aromatic nitrogens is 2. The van der Waals surface area contributed by atoms with Crippen LogP contribution in [0.4, 0.5) is 17.5 Å². The summed E-state index contributed by atoms with van der Waals surface area (Å²) in [5.74, 6) is 2.49. The zero-order valence-electron chi connectivity index (χ0n) is 29.9. The minimum atomic E-state index is -0.328. The summed E-state index contributed by atoms with van der Waals surface area (Å²) in [6.07, 6.45) is 5.78. The number of hydrogen-bond acceptors (Lipinski definition) is 10. The number of benzene rings is 1. The minimum Gasteiger partial charge on any atom is -0.485 e. The van der Waals surface area contributed by atoms with Gasteiger partial charge in [0.15, 0.2) is 6.29 Å². The van der Waals surface area contributed by atoms with Gasteiger partial charge in [-0.1, -0.05) is 46.2 Å². The molecule has 0 saturated heterocycles. The Morgan fingerprint density at radius 2 is 1.76 bits per heavy atom. The van der Waals surface area contributed by atoms with E-state index in [4.69, 9.17) is 9.47 Å². The summed E-state index contributed by atoms with van der Waals surface area (Å²) >= 11 is 1.76. The van der Waals surface area contributed by atoms with Gasteiger partial charge in [-0.15, -0.1) is 11.3 Å². The molecule has 2 heterocycles. The molecule has 256 valence electrons. The van der Waals surface area contributed by atoms with Crippen LogP contribution in [-0.4, -0.2) is 61.6 Å². The molecule has 10 heteroatoms. The number of esters is 1. The molecule has 0 amide bonds. The number of ether oxygens (including phenoxy) is 2. The molecule has 2 aromatic heterocycles. The molecule has 2 atom stereocenters. The molecule has 1 aromatic carbocycles. The molecular weight excluding hydrogens is 598 g/mol. The van der Waals surface area contributed by atoms with Gasteiger partial charge >= 0.3 is 5.97 Å². The van der Waals surface area contributed by atoms with Crippen molar-refractivity contribution in [3.05, 3.63) is 58.4 Å². The van der Waals surface area contributed by atoms with E-state index in [1.54, 1.807) is 17.5 Å². The van der Waals surface area contributed by atoms with Crippen molar-refractivity contribution in [2.75, 3.05) is 48.8 Å². The first kappa shape index (κ1) is 40.4. The van der Waals surface area contributed by atoms with Crippen LogP contribution in [0.1, 0.15) is 103 Å². The van der Waals surface area contributed by atoms with E-state index in [0.29, 0.717) is 29.8 Å². The first-order valence-electron chi connectivity index (χ1n) is 16.3. The Morgan fingerprint density at radius 1 is 1.07 bits per heavy atom. The van der Waals surface area contributed by atoms with Gasteiger partial charge in [0.2, 0.25) is 5.95 Å². The molecule has 0 aliphatic rings. The second-order valence-corrected chi connectivity index (χ2v) is 12.9. The average molecular weight is 656 g/mol. The maximum Gasteiger partial charge on any atom is 0.303 e. The Kier molecular flexibility index (Phi) is 18.6. The lowest BCUT2D eigenvalue weighted by Gasteiger charge is -2.26. The maximum absolute atomic E-state index is 11.5. The van der Waals surface area contributed by atoms with Gasteiger partial charge in [-0.2, -0.15) is 4.98 Å². The van der Waals surface area contributed by atoms with E-state index < -0.39 is 0 Å². The number of hydrogen-bond donors (Lipinski definition) is 1. The molecule has 3 aromatic rings. The van der Waals surface area contributed by atoms with E-state index in [1.165, 1.54) is 18.2 Å². The highest BCUT2D eigenvalue weighted by molar-refractivity contribution is 7.10. The second-order valence-electron chi connectivity index (χ2n) is 11.9. The van der Waals surface area contributed by atoms with Crippen LogP contribution in [0.25, 0.3) is 0 Å². The summed E-state index contributed by atoms with van der Waals surface area (Å²) in [7, 11) is 4.01. The number of carbonyl (C=O) groups is 2. The Hall–Kier alpha value is -3.66. The van der Waals surface area contributed by atoms with Crippen molar-refractivity contribution in [1.82, 2.24) is 9.97 Å². The third kappa shape index (κ3) is 15.1. The highest BCUT2D eigenvalue weighted by atomic mass is 32.1. The fraction of sp³-hybridized carbons (Fsp3) is 0.556. The number of rotatable bonds is 15. The van der Waals surface area contributed by atoms with Crippen LogP contribution >= 0.6 is 11.3 Å². The number of nitrogens with zero attached hydrogens (tertiary/aromatic N) is 4. The van der Waals surface area contributed by atoms with Gasteiger partial charge in [-0.05, 0) is 70.0 Å². The van der Waals surface area contributed by atoms with E-state index in [0.717, 1.165) is 43.7 Å². The molecule has 0 bridgehead atoms. The average Bonchev–Trinajstić information content (AvgIpc) is 3.57. The monoisotopic (exact) mass is 655 g/mol. The summed E-state index contributed by atoms with van der Waals surface area (Å²) < 4.78 is 11.3. The van der Waals surface area contributed by atoms with Gasteiger partial charge in [0.05, 0.1) is 5.56 Å². The molecule has 0 radical (unpaired) electrons. The molecule has 3 rings (SSSR count). The molecule has 2 unspecified atom stereocenters. The molecule has 0 aliphatic heterocycles. The van der Waals surface area contributed by atoms with Gasteiger partial charge in [0, 0.05) is 63.5 Å². The standard InChI is InChI=1S/C28H39N5O2S.C6H12O2.C2H6/c1-6-21(3)13-14-25(26-12-9-17-36-26)35-24-11-8-10-23(18-24)32(4)15-16-33(5)27-22(20-34)19-30-28(31-27)29-7-2;1-5(7)8-6(2,3)4;1-2/h8-12,17-21,25H,6-7,13-16H2,1-5H3,(H,29,30,31);1-4H3;1-2H3. The molecule has 0 saturated carbocycles. The lowest BCUT2D eigenvalue weighted by molar-refractivity contribution is -0.151. The Balaban J connectivity index is 0.000000922. The van der Waals surface area contributed by atoms with Gasteiger partial charge in [0.1, 0.15) is 23.3 Å². The minimum absolute atomic E-state index is 0.0659. The quantitative estimate of drug-likeness (QED) is 0.127. The zero-order valence-corrected chi connectivity index (χ0v) is 30.7. The molecule has 0 fully saturated rings. The van der Waals surface area contributed by atoms with Crippen molar-refractivity contribution in [2.24, 2.45) is 5.92 Å². The predicted molar refractivity (Wildman–Crippen MR) is 194 cm³/mol. The highest BCUT2D eigenvalue weighted by Gasteiger charge is 2.17. The van der Waals surface area contributed by atoms with Crippen LogP contribution in [0.5, 0.6) is 5.75 Å². The molecule has 1 N–H and O–H groups in total. The van der Waals surface area contributed by atoms with Crippen molar-refractivity contribution < 1.29 is 19.1 Å². The molecular formula is C36H57N5O4S. The predicted octanol–water partition coefficient (Wildman–Crippen LogP) is 8.68. The number of carbonyl (C=O) groups excluding carboxylic acids is 2. The van der Waals surface area contributed by atoms with Crippen molar-refractivity contribution in [3.63, 3.8) is 0 Å². The number of nitrogens with one attached hydrogen (secondary N) is 1. The van der Waals surface area contributed by atoms with Crippen LogP contribution in [0.2, 0.25) is 0 Å². The smallest absolute Gasteiger partial charge is 0.303 e. The Morgan fingerprint density at radius 3 is 2.30 bits per heavy atom. The van der Waals surface area contributed by atoms with E-state index in [1.807, 2.05) is 65.6 Å². The van der Waals surface area contributed by atoms with E-state index >= 15 is 0 Å². The van der Waals surface area contributed by atoms with Crippen molar-refractivity contribution in [3.8, 4) is 5.75 Å². The summed E-state index contributed by atoms with van der Waals surface area (Å²) in [4.78, 5) is 35.9. The van der Waals surface area contributed by atoms with Crippen LogP contribution in [0.3, 0.4) is 0 Å². The van der Waals surface area contributed by atoms with Gasteiger partial charge in [0.25, 0.3) is 0 Å². The fourth-order valence-corrected chi connectivity index (χ4v) is 5.10. The van der Waals surface area contributed by atoms with Gasteiger partial charge in [-0.3, -0.25) is 9.59 Å². The summed E-state index contributed by atoms with van der Waals surface area (Å²) in [6, 6.07) is 12.5. The van der Waals surface area contributed by atoms with Crippen LogP contribution in [0, 0.1) is 5.92 Å².